The Balaban J connectivity index is 1.63. The molecule has 0 aromatic heterocycles. The first-order valence-electron chi connectivity index (χ1n) is 13.9. The zero-order valence-corrected chi connectivity index (χ0v) is 23.1. The molecule has 14 heteroatoms. The lowest BCUT2D eigenvalue weighted by Crippen LogP contribution is -2.75. The number of rotatable bonds is 6. The van der Waals surface area contributed by atoms with Gasteiger partial charge in [-0.1, -0.05) is 6.07 Å². The molecule has 14 nitrogen and oxygen atoms in total. The lowest BCUT2D eigenvalue weighted by molar-refractivity contribution is -0.403. The van der Waals surface area contributed by atoms with Gasteiger partial charge in [-0.15, -0.1) is 0 Å². The summed E-state index contributed by atoms with van der Waals surface area (Å²) in [4.78, 5) is 38.3. The Morgan fingerprint density at radius 1 is 1.00 bits per heavy atom. The van der Waals surface area contributed by atoms with Gasteiger partial charge in [0.15, 0.2) is 11.5 Å². The Labute approximate surface area is 239 Å². The molecule has 5 aliphatic rings. The number of ether oxygens (including phenoxy) is 2. The molecule has 1 N–H and O–H groups in total. The summed E-state index contributed by atoms with van der Waals surface area (Å²) in [6.07, 6.45) is 2.17. The molecular weight excluding hydrogens is 550 g/mol. The van der Waals surface area contributed by atoms with E-state index in [1.807, 2.05) is 29.0 Å². The number of nitro benzene ring substituents is 3. The molecule has 7 rings (SSSR count). The number of nitro groups is 3. The SMILES string of the molecule is COc1ccc2c3c1O[C@@H]1CC(N4CCCC4)=C(c4c([N+](=O)[O-])cc([N+](=O)[O-])cc4[N+](=O)[O-])[C@]4(O)[C@H](C2)N(C)CC[C@]314. The van der Waals surface area contributed by atoms with E-state index in [4.69, 9.17) is 9.47 Å². The first-order chi connectivity index (χ1) is 20.0. The predicted octanol–water partition coefficient (Wildman–Crippen LogP) is 3.32. The Kier molecular flexibility index (Phi) is 5.60. The lowest BCUT2D eigenvalue weighted by Gasteiger charge is -2.63. The second-order valence-corrected chi connectivity index (χ2v) is 11.8. The minimum Gasteiger partial charge on any atom is -0.493 e. The maximum atomic E-state index is 13.5. The van der Waals surface area contributed by atoms with Gasteiger partial charge in [0, 0.05) is 42.4 Å². The third kappa shape index (κ3) is 3.16. The number of piperidine rings is 1. The van der Waals surface area contributed by atoms with E-state index in [9.17, 15) is 35.4 Å². The van der Waals surface area contributed by atoms with Crippen LogP contribution in [-0.4, -0.2) is 81.2 Å². The van der Waals surface area contributed by atoms with E-state index < -0.39 is 55.0 Å². The number of nitrogens with zero attached hydrogens (tertiary/aromatic N) is 5. The van der Waals surface area contributed by atoms with Crippen molar-refractivity contribution < 1.29 is 29.4 Å². The number of hydrogen-bond donors (Lipinski definition) is 1. The highest BCUT2D eigenvalue weighted by atomic mass is 16.6. The van der Waals surface area contributed by atoms with Crippen LogP contribution in [0.15, 0.2) is 30.0 Å². The average molecular weight is 580 g/mol. The number of likely N-dealkylation sites (N-methyl/N-ethyl adjacent to an activating group) is 1. The third-order valence-electron chi connectivity index (χ3n) is 10.1. The molecule has 0 saturated carbocycles. The number of benzene rings is 2. The van der Waals surface area contributed by atoms with Gasteiger partial charge in [0.05, 0.1) is 39.4 Å². The summed E-state index contributed by atoms with van der Waals surface area (Å²) in [7, 11) is 3.41. The van der Waals surface area contributed by atoms with Crippen LogP contribution in [0, 0.1) is 30.3 Å². The molecule has 0 amide bonds. The molecule has 4 atom stereocenters. The Hall–Kier alpha value is -4.30. The number of likely N-dealkylation sites (tertiary alicyclic amines) is 2. The zero-order chi connectivity index (χ0) is 29.7. The fourth-order valence-electron chi connectivity index (χ4n) is 8.45. The molecule has 2 aliphatic carbocycles. The van der Waals surface area contributed by atoms with Gasteiger partial charge in [-0.3, -0.25) is 35.2 Å². The van der Waals surface area contributed by atoms with Gasteiger partial charge < -0.3 is 19.5 Å². The first-order valence-corrected chi connectivity index (χ1v) is 13.9. The maximum Gasteiger partial charge on any atom is 0.290 e. The highest BCUT2D eigenvalue weighted by Gasteiger charge is 2.74. The zero-order valence-electron chi connectivity index (χ0n) is 23.1. The van der Waals surface area contributed by atoms with Crippen molar-refractivity contribution >= 4 is 22.6 Å². The number of aliphatic hydroxyl groups is 1. The topological polar surface area (TPSA) is 175 Å². The van der Waals surface area contributed by atoms with Gasteiger partial charge in [-0.05, 0) is 50.9 Å². The van der Waals surface area contributed by atoms with Gasteiger partial charge in [0.25, 0.3) is 17.1 Å². The van der Waals surface area contributed by atoms with Gasteiger partial charge >= 0.3 is 0 Å². The summed E-state index contributed by atoms with van der Waals surface area (Å²) in [5, 5.41) is 50.3. The van der Waals surface area contributed by atoms with Crippen LogP contribution in [0.4, 0.5) is 17.1 Å². The summed E-state index contributed by atoms with van der Waals surface area (Å²) in [6, 6.07) is 4.71. The first kappa shape index (κ1) is 26.6. The van der Waals surface area contributed by atoms with Crippen LogP contribution in [0.1, 0.15) is 42.4 Å². The minimum absolute atomic E-state index is 0.107. The molecule has 2 aromatic carbocycles. The quantitative estimate of drug-likeness (QED) is 0.393. The predicted molar refractivity (Wildman–Crippen MR) is 148 cm³/mol. The van der Waals surface area contributed by atoms with Gasteiger partial charge in [0.1, 0.15) is 17.3 Å². The smallest absolute Gasteiger partial charge is 0.290 e. The van der Waals surface area contributed by atoms with E-state index in [2.05, 4.69) is 0 Å². The molecule has 1 spiro atoms. The minimum atomic E-state index is -1.86. The number of non-ortho nitro benzene ring substituents is 1. The molecule has 2 aromatic rings. The molecule has 3 heterocycles. The highest BCUT2D eigenvalue weighted by molar-refractivity contribution is 5.91. The van der Waals surface area contributed by atoms with E-state index in [0.717, 1.165) is 36.1 Å². The van der Waals surface area contributed by atoms with E-state index in [1.54, 1.807) is 0 Å². The molecule has 2 fully saturated rings. The van der Waals surface area contributed by atoms with Gasteiger partial charge in [-0.25, -0.2) is 0 Å². The molecule has 2 bridgehead atoms. The summed E-state index contributed by atoms with van der Waals surface area (Å²) in [5.74, 6) is 1.03. The van der Waals surface area contributed by atoms with Crippen molar-refractivity contribution in [1.82, 2.24) is 9.80 Å². The van der Waals surface area contributed by atoms with Crippen molar-refractivity contribution in [3.05, 3.63) is 77.0 Å². The van der Waals surface area contributed by atoms with Crippen LogP contribution in [0.25, 0.3) is 5.57 Å². The van der Waals surface area contributed by atoms with Crippen molar-refractivity contribution in [2.45, 2.75) is 55.3 Å². The molecule has 220 valence electrons. The summed E-state index contributed by atoms with van der Waals surface area (Å²) in [5.41, 5.74) is -3.23. The van der Waals surface area contributed by atoms with Crippen LogP contribution >= 0.6 is 0 Å². The lowest BCUT2D eigenvalue weighted by atomic mass is 9.47. The molecule has 0 unspecified atom stereocenters. The van der Waals surface area contributed by atoms with E-state index in [-0.39, 0.29) is 17.6 Å². The van der Waals surface area contributed by atoms with Crippen LogP contribution in [0.2, 0.25) is 0 Å². The molecule has 0 radical (unpaired) electrons. The molecule has 2 saturated heterocycles. The van der Waals surface area contributed by atoms with Crippen LogP contribution in [0.5, 0.6) is 11.5 Å². The Bertz CT molecular complexity index is 1580. The fraction of sp³-hybridized carbons (Fsp3) is 0.500. The van der Waals surface area contributed by atoms with Crippen molar-refractivity contribution in [3.63, 3.8) is 0 Å². The second kappa shape index (κ2) is 8.85. The Morgan fingerprint density at radius 3 is 2.26 bits per heavy atom. The second-order valence-electron chi connectivity index (χ2n) is 11.8. The monoisotopic (exact) mass is 579 g/mol. The summed E-state index contributed by atoms with van der Waals surface area (Å²) >= 11 is 0. The number of methoxy groups -OCH3 is 1. The van der Waals surface area contributed by atoms with Gasteiger partial charge in [0.2, 0.25) is 0 Å². The standard InChI is InChI=1S/C28H29N5O9/c1-29-10-7-27-22-14-19(30-8-3-4-9-30)25(23-17(32(37)38)12-16(31(35)36)13-18(23)33(39)40)28(27,34)21(29)11-15-5-6-20(41-2)26(42-22)24(15)27/h5-6,12-13,21-22,34H,3-4,7-11,14H2,1-2H3/t21-,22+,27+,28+/m0/s1. The highest BCUT2D eigenvalue weighted by Crippen LogP contribution is 2.69. The van der Waals surface area contributed by atoms with Crippen LogP contribution in [-0.2, 0) is 11.8 Å². The third-order valence-corrected chi connectivity index (χ3v) is 10.1. The largest absolute Gasteiger partial charge is 0.493 e. The maximum absolute atomic E-state index is 13.5. The summed E-state index contributed by atoms with van der Waals surface area (Å²) < 4.78 is 12.3. The average Bonchev–Trinajstić information content (AvgIpc) is 3.60. The van der Waals surface area contributed by atoms with Crippen LogP contribution in [0.3, 0.4) is 0 Å². The van der Waals surface area contributed by atoms with Crippen molar-refractivity contribution in [2.24, 2.45) is 0 Å². The van der Waals surface area contributed by atoms with Crippen molar-refractivity contribution in [2.75, 3.05) is 33.8 Å². The fourth-order valence-corrected chi connectivity index (χ4v) is 8.45. The number of hydrogen-bond acceptors (Lipinski definition) is 11. The van der Waals surface area contributed by atoms with Crippen molar-refractivity contribution in [1.29, 1.82) is 0 Å². The normalized spacial score (nSPS) is 29.3. The van der Waals surface area contributed by atoms with E-state index in [1.165, 1.54) is 7.11 Å². The van der Waals surface area contributed by atoms with E-state index >= 15 is 0 Å². The van der Waals surface area contributed by atoms with Crippen LogP contribution < -0.4 is 9.47 Å². The Morgan fingerprint density at radius 2 is 1.67 bits per heavy atom. The molecule has 3 aliphatic heterocycles. The van der Waals surface area contributed by atoms with Gasteiger partial charge in [-0.2, -0.15) is 0 Å². The summed E-state index contributed by atoms with van der Waals surface area (Å²) in [6.45, 7) is 1.80. The van der Waals surface area contributed by atoms with Crippen molar-refractivity contribution in [3.8, 4) is 11.5 Å². The molecular formula is C28H29N5O9. The van der Waals surface area contributed by atoms with E-state index in [0.29, 0.717) is 49.7 Å². The molecule has 42 heavy (non-hydrogen) atoms.